The average Bonchev–Trinajstić information content (AvgIpc) is 3.17. The minimum atomic E-state index is -0.0957. The summed E-state index contributed by atoms with van der Waals surface area (Å²) in [4.78, 5) is 16.0. The number of aromatic nitrogens is 1. The zero-order chi connectivity index (χ0) is 21.5. The fraction of sp³-hybridized carbons (Fsp3) is 0.304. The van der Waals surface area contributed by atoms with Gasteiger partial charge in [0, 0.05) is 17.5 Å². The lowest BCUT2D eigenvalue weighted by Crippen LogP contribution is -2.34. The SMILES string of the molecule is COc1cccc(C(CNC(=O)c2ccccc2SCc2cc(C)no2)N(C)C)c1. The van der Waals surface area contributed by atoms with Crippen LogP contribution < -0.4 is 10.1 Å². The molecular weight excluding hydrogens is 398 g/mol. The number of likely N-dealkylation sites (N-methyl/N-ethyl adjacent to an activating group) is 1. The van der Waals surface area contributed by atoms with Gasteiger partial charge in [0.05, 0.1) is 30.2 Å². The van der Waals surface area contributed by atoms with Gasteiger partial charge in [-0.05, 0) is 50.8 Å². The van der Waals surface area contributed by atoms with Gasteiger partial charge in [0.25, 0.3) is 5.91 Å². The molecule has 1 atom stereocenters. The molecule has 30 heavy (non-hydrogen) atoms. The first-order valence-electron chi connectivity index (χ1n) is 9.70. The minimum Gasteiger partial charge on any atom is -0.497 e. The van der Waals surface area contributed by atoms with Crippen molar-refractivity contribution < 1.29 is 14.1 Å². The number of nitrogens with zero attached hydrogens (tertiary/aromatic N) is 2. The smallest absolute Gasteiger partial charge is 0.252 e. The van der Waals surface area contributed by atoms with Gasteiger partial charge in [-0.2, -0.15) is 0 Å². The van der Waals surface area contributed by atoms with E-state index in [0.29, 0.717) is 17.9 Å². The van der Waals surface area contributed by atoms with Crippen molar-refractivity contribution in [1.29, 1.82) is 0 Å². The molecule has 7 heteroatoms. The van der Waals surface area contributed by atoms with E-state index in [4.69, 9.17) is 9.26 Å². The summed E-state index contributed by atoms with van der Waals surface area (Å²) in [6.45, 7) is 2.38. The lowest BCUT2D eigenvalue weighted by molar-refractivity contribution is 0.0939. The van der Waals surface area contributed by atoms with E-state index in [-0.39, 0.29) is 11.9 Å². The summed E-state index contributed by atoms with van der Waals surface area (Å²) in [6.07, 6.45) is 0. The summed E-state index contributed by atoms with van der Waals surface area (Å²) in [5.74, 6) is 2.12. The summed E-state index contributed by atoms with van der Waals surface area (Å²) < 4.78 is 10.6. The zero-order valence-corrected chi connectivity index (χ0v) is 18.5. The van der Waals surface area contributed by atoms with Crippen LogP contribution in [0.3, 0.4) is 0 Å². The van der Waals surface area contributed by atoms with Crippen molar-refractivity contribution in [3.05, 3.63) is 77.2 Å². The Morgan fingerprint density at radius 1 is 1.20 bits per heavy atom. The number of hydrogen-bond acceptors (Lipinski definition) is 6. The molecule has 1 amide bonds. The van der Waals surface area contributed by atoms with Crippen molar-refractivity contribution in [3.8, 4) is 5.75 Å². The Labute approximate surface area is 181 Å². The van der Waals surface area contributed by atoms with Crippen LogP contribution in [0.25, 0.3) is 0 Å². The molecular formula is C23H27N3O3S. The second-order valence-electron chi connectivity index (χ2n) is 7.19. The van der Waals surface area contributed by atoms with Gasteiger partial charge in [0.2, 0.25) is 0 Å². The Bertz CT molecular complexity index is 987. The quantitative estimate of drug-likeness (QED) is 0.515. The molecule has 1 aromatic heterocycles. The third kappa shape index (κ3) is 5.64. The van der Waals surface area contributed by atoms with E-state index in [1.165, 1.54) is 0 Å². The van der Waals surface area contributed by atoms with Gasteiger partial charge >= 0.3 is 0 Å². The maximum Gasteiger partial charge on any atom is 0.252 e. The molecule has 0 radical (unpaired) electrons. The van der Waals surface area contributed by atoms with Crippen LogP contribution in [-0.2, 0) is 5.75 Å². The molecule has 0 aliphatic heterocycles. The molecule has 3 rings (SSSR count). The lowest BCUT2D eigenvalue weighted by atomic mass is 10.1. The first kappa shape index (κ1) is 21.9. The van der Waals surface area contributed by atoms with Gasteiger partial charge in [-0.3, -0.25) is 4.79 Å². The van der Waals surface area contributed by atoms with Crippen molar-refractivity contribution in [3.63, 3.8) is 0 Å². The molecule has 0 bridgehead atoms. The number of thioether (sulfide) groups is 1. The van der Waals surface area contributed by atoms with E-state index in [1.807, 2.05) is 75.6 Å². The zero-order valence-electron chi connectivity index (χ0n) is 17.7. The standard InChI is InChI=1S/C23H27N3O3S/c1-16-12-19(29-25-16)15-30-22-11-6-5-10-20(22)23(27)24-14-21(26(2)3)17-8-7-9-18(13-17)28-4/h5-13,21H,14-15H2,1-4H3,(H,24,27). The summed E-state index contributed by atoms with van der Waals surface area (Å²) in [5.41, 5.74) is 2.59. The van der Waals surface area contributed by atoms with Gasteiger partial charge in [-0.25, -0.2) is 0 Å². The van der Waals surface area contributed by atoms with Gasteiger partial charge in [0.1, 0.15) is 11.5 Å². The highest BCUT2D eigenvalue weighted by molar-refractivity contribution is 7.98. The second kappa shape index (κ2) is 10.3. The molecule has 3 aromatic rings. The molecule has 0 fully saturated rings. The Morgan fingerprint density at radius 3 is 2.70 bits per heavy atom. The first-order valence-corrected chi connectivity index (χ1v) is 10.7. The number of amides is 1. The largest absolute Gasteiger partial charge is 0.497 e. The highest BCUT2D eigenvalue weighted by atomic mass is 32.2. The number of aryl methyl sites for hydroxylation is 1. The van der Waals surface area contributed by atoms with E-state index < -0.39 is 0 Å². The summed E-state index contributed by atoms with van der Waals surface area (Å²) >= 11 is 1.56. The van der Waals surface area contributed by atoms with Crippen molar-refractivity contribution in [2.45, 2.75) is 23.6 Å². The van der Waals surface area contributed by atoms with Crippen molar-refractivity contribution in [1.82, 2.24) is 15.4 Å². The predicted molar refractivity (Wildman–Crippen MR) is 119 cm³/mol. The Kier molecular flexibility index (Phi) is 7.54. The molecule has 6 nitrogen and oxygen atoms in total. The fourth-order valence-corrected chi connectivity index (χ4v) is 4.07. The fourth-order valence-electron chi connectivity index (χ4n) is 3.15. The Morgan fingerprint density at radius 2 is 2.00 bits per heavy atom. The Balaban J connectivity index is 1.68. The molecule has 1 unspecified atom stereocenters. The lowest BCUT2D eigenvalue weighted by Gasteiger charge is -2.25. The molecule has 0 aliphatic rings. The number of benzene rings is 2. The normalized spacial score (nSPS) is 12.0. The van der Waals surface area contributed by atoms with Gasteiger partial charge < -0.3 is 19.5 Å². The molecule has 158 valence electrons. The summed E-state index contributed by atoms with van der Waals surface area (Å²) in [5, 5.41) is 7.00. The van der Waals surface area contributed by atoms with E-state index in [9.17, 15) is 4.79 Å². The Hall–Kier alpha value is -2.77. The highest BCUT2D eigenvalue weighted by Gasteiger charge is 2.18. The van der Waals surface area contributed by atoms with E-state index in [2.05, 4.69) is 15.4 Å². The maximum atomic E-state index is 13.0. The van der Waals surface area contributed by atoms with Crippen molar-refractivity contribution in [2.75, 3.05) is 27.7 Å². The third-order valence-corrected chi connectivity index (χ3v) is 5.83. The second-order valence-corrected chi connectivity index (χ2v) is 8.20. The summed E-state index contributed by atoms with van der Waals surface area (Å²) in [6, 6.07) is 17.5. The van der Waals surface area contributed by atoms with Crippen LogP contribution in [-0.4, -0.2) is 43.7 Å². The van der Waals surface area contributed by atoms with E-state index >= 15 is 0 Å². The molecule has 0 aliphatic carbocycles. The monoisotopic (exact) mass is 425 g/mol. The van der Waals surface area contributed by atoms with Crippen LogP contribution in [0, 0.1) is 6.92 Å². The van der Waals surface area contributed by atoms with Crippen LogP contribution in [0.1, 0.15) is 33.4 Å². The van der Waals surface area contributed by atoms with E-state index in [1.54, 1.807) is 18.9 Å². The molecule has 1 heterocycles. The minimum absolute atomic E-state index is 0.0287. The number of rotatable bonds is 9. The predicted octanol–water partition coefficient (Wildman–Crippen LogP) is 4.32. The molecule has 0 spiro atoms. The number of methoxy groups -OCH3 is 1. The maximum absolute atomic E-state index is 13.0. The molecule has 0 saturated carbocycles. The van der Waals surface area contributed by atoms with Crippen LogP contribution >= 0.6 is 11.8 Å². The van der Waals surface area contributed by atoms with Gasteiger partial charge in [-0.15, -0.1) is 11.8 Å². The molecule has 2 aromatic carbocycles. The number of ether oxygens (including phenoxy) is 1. The van der Waals surface area contributed by atoms with Gasteiger partial charge in [-0.1, -0.05) is 29.4 Å². The van der Waals surface area contributed by atoms with E-state index in [0.717, 1.165) is 27.7 Å². The average molecular weight is 426 g/mol. The molecule has 0 saturated heterocycles. The van der Waals surface area contributed by atoms with Crippen LogP contribution in [0.15, 0.2) is 64.0 Å². The number of carbonyl (C=O) groups excluding carboxylic acids is 1. The first-order chi connectivity index (χ1) is 14.5. The molecule has 1 N–H and O–H groups in total. The van der Waals surface area contributed by atoms with Crippen LogP contribution in [0.2, 0.25) is 0 Å². The highest BCUT2D eigenvalue weighted by Crippen LogP contribution is 2.27. The van der Waals surface area contributed by atoms with Crippen molar-refractivity contribution >= 4 is 17.7 Å². The van der Waals surface area contributed by atoms with Crippen LogP contribution in [0.5, 0.6) is 5.75 Å². The summed E-state index contributed by atoms with van der Waals surface area (Å²) in [7, 11) is 5.65. The number of nitrogens with one attached hydrogen (secondary N) is 1. The van der Waals surface area contributed by atoms with Gasteiger partial charge in [0.15, 0.2) is 0 Å². The number of hydrogen-bond donors (Lipinski definition) is 1. The topological polar surface area (TPSA) is 67.6 Å². The third-order valence-electron chi connectivity index (χ3n) is 4.74. The van der Waals surface area contributed by atoms with Crippen molar-refractivity contribution in [2.24, 2.45) is 0 Å². The van der Waals surface area contributed by atoms with Crippen LogP contribution in [0.4, 0.5) is 0 Å². The number of carbonyl (C=O) groups is 1.